The van der Waals surface area contributed by atoms with Gasteiger partial charge in [0.25, 0.3) is 0 Å². The lowest BCUT2D eigenvalue weighted by Gasteiger charge is -2.27. The largest absolute Gasteiger partial charge is 0.302 e. The van der Waals surface area contributed by atoms with Gasteiger partial charge >= 0.3 is 0 Å². The highest BCUT2D eigenvalue weighted by Crippen LogP contribution is 2.32. The van der Waals surface area contributed by atoms with Crippen molar-refractivity contribution >= 4 is 23.5 Å². The molecule has 0 amide bonds. The first kappa shape index (κ1) is 13.9. The Bertz CT molecular complexity index is 649. The zero-order chi connectivity index (χ0) is 14.3. The number of rotatable bonds is 2. The molecule has 20 heavy (non-hydrogen) atoms. The van der Waals surface area contributed by atoms with Crippen LogP contribution >= 0.6 is 12.6 Å². The highest BCUT2D eigenvalue weighted by Gasteiger charge is 2.21. The van der Waals surface area contributed by atoms with Crippen LogP contribution in [0.2, 0.25) is 0 Å². The Kier molecular flexibility index (Phi) is 3.74. The number of aromatic nitrogens is 1. The van der Waals surface area contributed by atoms with E-state index in [0.717, 1.165) is 25.3 Å². The summed E-state index contributed by atoms with van der Waals surface area (Å²) in [4.78, 5) is 7.39. The number of hydrogen-bond donors (Lipinski definition) is 1. The first-order chi connectivity index (χ1) is 9.61. The highest BCUT2D eigenvalue weighted by atomic mass is 32.1. The molecule has 2 heterocycles. The maximum absolute atomic E-state index is 5.02. The minimum atomic E-state index is 0.503. The second-order valence-corrected chi connectivity index (χ2v) is 6.38. The fraction of sp³-hybridized carbons (Fsp3) is 0.471. The zero-order valence-electron chi connectivity index (χ0n) is 12.5. The van der Waals surface area contributed by atoms with Crippen molar-refractivity contribution in [1.29, 1.82) is 0 Å². The number of nitrogens with zero attached hydrogens (tertiary/aromatic N) is 2. The lowest BCUT2D eigenvalue weighted by Crippen LogP contribution is -2.28. The van der Waals surface area contributed by atoms with Crippen LogP contribution in [-0.2, 0) is 18.7 Å². The van der Waals surface area contributed by atoms with E-state index in [0.29, 0.717) is 5.92 Å². The van der Waals surface area contributed by atoms with Gasteiger partial charge in [-0.1, -0.05) is 32.0 Å². The van der Waals surface area contributed by atoms with Crippen LogP contribution in [0.5, 0.6) is 0 Å². The van der Waals surface area contributed by atoms with E-state index in [1.54, 1.807) is 0 Å². The van der Waals surface area contributed by atoms with Gasteiger partial charge < -0.3 is 4.90 Å². The van der Waals surface area contributed by atoms with Crippen molar-refractivity contribution in [2.45, 2.75) is 38.5 Å². The molecule has 1 aliphatic heterocycles. The van der Waals surface area contributed by atoms with Crippen LogP contribution in [0.15, 0.2) is 18.2 Å². The van der Waals surface area contributed by atoms with E-state index in [-0.39, 0.29) is 0 Å². The van der Waals surface area contributed by atoms with E-state index in [1.807, 2.05) is 0 Å². The summed E-state index contributed by atoms with van der Waals surface area (Å²) in [5.74, 6) is 1.29. The van der Waals surface area contributed by atoms with Crippen molar-refractivity contribution in [2.75, 3.05) is 13.6 Å². The maximum atomic E-state index is 5.02. The molecule has 0 fully saturated rings. The fourth-order valence-electron chi connectivity index (χ4n) is 3.15. The molecule has 0 atom stereocenters. The average Bonchev–Trinajstić information content (AvgIpc) is 2.44. The standard InChI is InChI=1S/C17H22N2S/c1-11(2)12-5-4-6-13-15(10-20)14-9-19(3)8-7-16(14)18-17(12)13/h4-6,11,20H,7-10H2,1-3H3. The van der Waals surface area contributed by atoms with Gasteiger partial charge in [-0.3, -0.25) is 4.98 Å². The summed E-state index contributed by atoms with van der Waals surface area (Å²) in [7, 11) is 2.18. The third-order valence-electron chi connectivity index (χ3n) is 4.29. The molecule has 0 saturated heterocycles. The Morgan fingerprint density at radius 2 is 2.15 bits per heavy atom. The van der Waals surface area contributed by atoms with Gasteiger partial charge in [-0.05, 0) is 29.7 Å². The van der Waals surface area contributed by atoms with E-state index in [9.17, 15) is 0 Å². The molecule has 1 aliphatic rings. The maximum Gasteiger partial charge on any atom is 0.0743 e. The monoisotopic (exact) mass is 286 g/mol. The van der Waals surface area contributed by atoms with Crippen LogP contribution < -0.4 is 0 Å². The zero-order valence-corrected chi connectivity index (χ0v) is 13.4. The number of para-hydroxylation sites is 1. The molecule has 0 saturated carbocycles. The van der Waals surface area contributed by atoms with Crippen LogP contribution in [0.1, 0.15) is 42.1 Å². The smallest absolute Gasteiger partial charge is 0.0743 e. The molecule has 2 nitrogen and oxygen atoms in total. The van der Waals surface area contributed by atoms with Gasteiger partial charge in [0.2, 0.25) is 0 Å². The van der Waals surface area contributed by atoms with Gasteiger partial charge in [-0.25, -0.2) is 0 Å². The molecule has 0 bridgehead atoms. The second-order valence-electron chi connectivity index (χ2n) is 6.06. The van der Waals surface area contributed by atoms with Crippen molar-refractivity contribution in [2.24, 2.45) is 0 Å². The molecular weight excluding hydrogens is 264 g/mol. The van der Waals surface area contributed by atoms with Gasteiger partial charge in [-0.15, -0.1) is 0 Å². The van der Waals surface area contributed by atoms with Crippen molar-refractivity contribution in [3.8, 4) is 0 Å². The Balaban J connectivity index is 2.32. The van der Waals surface area contributed by atoms with E-state index in [2.05, 4.69) is 56.6 Å². The Morgan fingerprint density at radius 1 is 1.35 bits per heavy atom. The van der Waals surface area contributed by atoms with Gasteiger partial charge in [-0.2, -0.15) is 12.6 Å². The van der Waals surface area contributed by atoms with E-state index in [1.165, 1.54) is 33.3 Å². The van der Waals surface area contributed by atoms with Crippen molar-refractivity contribution in [3.05, 3.63) is 40.6 Å². The lowest BCUT2D eigenvalue weighted by molar-refractivity contribution is 0.309. The van der Waals surface area contributed by atoms with Crippen LogP contribution in [-0.4, -0.2) is 23.5 Å². The van der Waals surface area contributed by atoms with Crippen LogP contribution in [0.25, 0.3) is 10.9 Å². The molecule has 1 aromatic carbocycles. The average molecular weight is 286 g/mol. The number of hydrogen-bond acceptors (Lipinski definition) is 3. The number of benzene rings is 1. The van der Waals surface area contributed by atoms with Gasteiger partial charge in [0.15, 0.2) is 0 Å². The molecule has 0 unspecified atom stereocenters. The van der Waals surface area contributed by atoms with Crippen molar-refractivity contribution in [3.63, 3.8) is 0 Å². The van der Waals surface area contributed by atoms with E-state index < -0.39 is 0 Å². The quantitative estimate of drug-likeness (QED) is 0.846. The second kappa shape index (κ2) is 5.38. The van der Waals surface area contributed by atoms with Crippen LogP contribution in [0, 0.1) is 0 Å². The molecule has 1 aromatic heterocycles. The summed E-state index contributed by atoms with van der Waals surface area (Å²) in [6.45, 7) is 6.58. The Morgan fingerprint density at radius 3 is 2.85 bits per heavy atom. The molecule has 0 radical (unpaired) electrons. The molecule has 0 N–H and O–H groups in total. The van der Waals surface area contributed by atoms with Gasteiger partial charge in [0, 0.05) is 36.3 Å². The number of likely N-dealkylation sites (N-methyl/N-ethyl adjacent to an activating group) is 1. The van der Waals surface area contributed by atoms with Gasteiger partial charge in [0.1, 0.15) is 0 Å². The summed E-state index contributed by atoms with van der Waals surface area (Å²) in [5.41, 5.74) is 6.61. The van der Waals surface area contributed by atoms with Crippen molar-refractivity contribution in [1.82, 2.24) is 9.88 Å². The normalized spacial score (nSPS) is 15.8. The molecule has 3 rings (SSSR count). The third kappa shape index (κ3) is 2.23. The predicted octanol–water partition coefficient (Wildman–Crippen LogP) is 3.78. The summed E-state index contributed by atoms with van der Waals surface area (Å²) in [6.07, 6.45) is 1.05. The number of pyridine rings is 1. The lowest BCUT2D eigenvalue weighted by atomic mass is 9.93. The fourth-order valence-corrected chi connectivity index (χ4v) is 3.52. The predicted molar refractivity (Wildman–Crippen MR) is 88.6 cm³/mol. The highest BCUT2D eigenvalue weighted by molar-refractivity contribution is 7.79. The molecule has 0 aliphatic carbocycles. The number of fused-ring (bicyclic) bond motifs is 2. The minimum Gasteiger partial charge on any atom is -0.302 e. The van der Waals surface area contributed by atoms with E-state index >= 15 is 0 Å². The first-order valence-electron chi connectivity index (χ1n) is 7.34. The first-order valence-corrected chi connectivity index (χ1v) is 7.97. The molecule has 2 aromatic rings. The molecular formula is C17H22N2S. The number of thiol groups is 1. The van der Waals surface area contributed by atoms with Crippen LogP contribution in [0.4, 0.5) is 0 Å². The molecule has 0 spiro atoms. The Hall–Kier alpha value is -1.06. The minimum absolute atomic E-state index is 0.503. The van der Waals surface area contributed by atoms with Crippen molar-refractivity contribution < 1.29 is 0 Å². The molecule has 106 valence electrons. The summed E-state index contributed by atoms with van der Waals surface area (Å²) in [5, 5.41) is 1.29. The summed E-state index contributed by atoms with van der Waals surface area (Å²) in [6, 6.07) is 6.57. The molecule has 3 heteroatoms. The SMILES string of the molecule is CC(C)c1cccc2c(CS)c3c(nc12)CCN(C)C3. The summed E-state index contributed by atoms with van der Waals surface area (Å²) >= 11 is 4.59. The summed E-state index contributed by atoms with van der Waals surface area (Å²) < 4.78 is 0. The van der Waals surface area contributed by atoms with E-state index in [4.69, 9.17) is 4.98 Å². The van der Waals surface area contributed by atoms with Crippen LogP contribution in [0.3, 0.4) is 0 Å². The van der Waals surface area contributed by atoms with Gasteiger partial charge in [0.05, 0.1) is 5.52 Å². The topological polar surface area (TPSA) is 16.1 Å². The Labute approximate surface area is 126 Å². The third-order valence-corrected chi connectivity index (χ3v) is 4.61.